The molecule has 0 saturated carbocycles. The molecule has 0 amide bonds. The maximum absolute atomic E-state index is 10.3. The first-order chi connectivity index (χ1) is 17.6. The van der Waals surface area contributed by atoms with Gasteiger partial charge in [-0.25, -0.2) is 0 Å². The van der Waals surface area contributed by atoms with Gasteiger partial charge in [0.2, 0.25) is 0 Å². The van der Waals surface area contributed by atoms with Gasteiger partial charge in [-0.1, -0.05) is 48.5 Å². The van der Waals surface area contributed by atoms with Crippen molar-refractivity contribution in [3.63, 3.8) is 0 Å². The highest BCUT2D eigenvalue weighted by molar-refractivity contribution is 5.84. The summed E-state index contributed by atoms with van der Waals surface area (Å²) in [7, 11) is 3.25. The van der Waals surface area contributed by atoms with Gasteiger partial charge in [-0.05, 0) is 59.7 Å². The molecule has 0 spiro atoms. The maximum atomic E-state index is 10.3. The molecule has 0 aliphatic rings. The second kappa shape index (κ2) is 11.7. The van der Waals surface area contributed by atoms with E-state index in [9.17, 15) is 10.2 Å². The van der Waals surface area contributed by atoms with Crippen LogP contribution >= 0.6 is 0 Å². The molecule has 6 heteroatoms. The standard InChI is InChI=1S/C30H28N2O4/c1-35-25-15-11-21(12-16-25)29(31-19-23-7-3-5-9-27(23)33)30(22-13-17-26(36-2)18-14-22)32-20-24-8-4-6-10-28(24)34/h3-20,29-30,33-34H,1-2H3/t29-,30-/m0/s1. The lowest BCUT2D eigenvalue weighted by molar-refractivity contribution is 0.414. The molecule has 0 aliphatic carbocycles. The molecule has 182 valence electrons. The summed E-state index contributed by atoms with van der Waals surface area (Å²) < 4.78 is 10.7. The van der Waals surface area contributed by atoms with Crippen LogP contribution in [0.2, 0.25) is 0 Å². The lowest BCUT2D eigenvalue weighted by atomic mass is 9.93. The molecule has 0 aliphatic heterocycles. The average Bonchev–Trinajstić information content (AvgIpc) is 2.92. The molecular formula is C30H28N2O4. The Morgan fingerprint density at radius 2 is 0.917 bits per heavy atom. The van der Waals surface area contributed by atoms with E-state index in [4.69, 9.17) is 19.5 Å². The van der Waals surface area contributed by atoms with Crippen molar-refractivity contribution < 1.29 is 19.7 Å². The Hall–Kier alpha value is -4.58. The molecule has 0 unspecified atom stereocenters. The fraction of sp³-hybridized carbons (Fsp3) is 0.133. The fourth-order valence-electron chi connectivity index (χ4n) is 3.82. The van der Waals surface area contributed by atoms with E-state index in [1.54, 1.807) is 63.0 Å². The van der Waals surface area contributed by atoms with Crippen molar-refractivity contribution in [2.45, 2.75) is 12.1 Å². The third-order valence-electron chi connectivity index (χ3n) is 5.84. The highest BCUT2D eigenvalue weighted by Gasteiger charge is 2.24. The van der Waals surface area contributed by atoms with E-state index in [0.29, 0.717) is 11.1 Å². The van der Waals surface area contributed by atoms with E-state index < -0.39 is 12.1 Å². The number of para-hydroxylation sites is 2. The first-order valence-electron chi connectivity index (χ1n) is 11.5. The van der Waals surface area contributed by atoms with Crippen LogP contribution < -0.4 is 9.47 Å². The molecule has 36 heavy (non-hydrogen) atoms. The van der Waals surface area contributed by atoms with Gasteiger partial charge in [-0.15, -0.1) is 0 Å². The van der Waals surface area contributed by atoms with E-state index in [-0.39, 0.29) is 11.5 Å². The normalized spacial score (nSPS) is 13.1. The van der Waals surface area contributed by atoms with Crippen LogP contribution in [0.15, 0.2) is 107 Å². The van der Waals surface area contributed by atoms with Crippen LogP contribution in [-0.2, 0) is 0 Å². The molecule has 2 N–H and O–H groups in total. The van der Waals surface area contributed by atoms with Crippen molar-refractivity contribution in [2.75, 3.05) is 14.2 Å². The largest absolute Gasteiger partial charge is 0.507 e. The first-order valence-corrected chi connectivity index (χ1v) is 11.5. The van der Waals surface area contributed by atoms with Crippen LogP contribution in [0, 0.1) is 0 Å². The molecule has 0 aromatic heterocycles. The van der Waals surface area contributed by atoms with Gasteiger partial charge in [0.05, 0.1) is 14.2 Å². The lowest BCUT2D eigenvalue weighted by Crippen LogP contribution is -2.09. The second-order valence-corrected chi connectivity index (χ2v) is 8.11. The Labute approximate surface area is 210 Å². The molecule has 0 fully saturated rings. The Bertz CT molecular complexity index is 1230. The molecule has 6 nitrogen and oxygen atoms in total. The number of phenolic OH excluding ortho intramolecular Hbond substituents is 2. The molecule has 4 aromatic rings. The molecule has 4 rings (SSSR count). The summed E-state index contributed by atoms with van der Waals surface area (Å²) in [5.41, 5.74) is 3.04. The van der Waals surface area contributed by atoms with Crippen molar-refractivity contribution in [1.29, 1.82) is 0 Å². The number of rotatable bonds is 9. The zero-order chi connectivity index (χ0) is 25.3. The van der Waals surface area contributed by atoms with Crippen LogP contribution in [0.5, 0.6) is 23.0 Å². The molecule has 2 atom stereocenters. The molecule has 0 bridgehead atoms. The fourth-order valence-corrected chi connectivity index (χ4v) is 3.82. The molecule has 4 aromatic carbocycles. The molecule has 0 radical (unpaired) electrons. The highest BCUT2D eigenvalue weighted by Crippen LogP contribution is 2.37. The van der Waals surface area contributed by atoms with E-state index in [1.165, 1.54) is 0 Å². The second-order valence-electron chi connectivity index (χ2n) is 8.11. The van der Waals surface area contributed by atoms with Crippen molar-refractivity contribution in [3.8, 4) is 23.0 Å². The number of aliphatic imine (C=N–C) groups is 2. The molecule has 0 heterocycles. The Morgan fingerprint density at radius 1 is 0.556 bits per heavy atom. The minimum absolute atomic E-state index is 0.147. The smallest absolute Gasteiger partial charge is 0.124 e. The summed E-state index contributed by atoms with van der Waals surface area (Å²) in [4.78, 5) is 9.80. The van der Waals surface area contributed by atoms with Crippen LogP contribution in [0.4, 0.5) is 0 Å². The van der Waals surface area contributed by atoms with Crippen LogP contribution in [0.25, 0.3) is 0 Å². The van der Waals surface area contributed by atoms with Crippen LogP contribution in [0.1, 0.15) is 34.3 Å². The van der Waals surface area contributed by atoms with E-state index in [2.05, 4.69) is 0 Å². The third kappa shape index (κ3) is 5.91. The predicted octanol–water partition coefficient (Wildman–Crippen LogP) is 6.14. The van der Waals surface area contributed by atoms with Gasteiger partial charge in [0.15, 0.2) is 0 Å². The van der Waals surface area contributed by atoms with Crippen molar-refractivity contribution >= 4 is 12.4 Å². The van der Waals surface area contributed by atoms with Crippen molar-refractivity contribution in [3.05, 3.63) is 119 Å². The predicted molar refractivity (Wildman–Crippen MR) is 143 cm³/mol. The van der Waals surface area contributed by atoms with Gasteiger partial charge in [-0.2, -0.15) is 0 Å². The Kier molecular flexibility index (Phi) is 7.98. The highest BCUT2D eigenvalue weighted by atomic mass is 16.5. The van der Waals surface area contributed by atoms with Gasteiger partial charge < -0.3 is 19.7 Å². The van der Waals surface area contributed by atoms with Gasteiger partial charge in [-0.3, -0.25) is 9.98 Å². The van der Waals surface area contributed by atoms with Gasteiger partial charge in [0, 0.05) is 23.6 Å². The number of benzene rings is 4. The summed E-state index contributed by atoms with van der Waals surface area (Å²) in [5.74, 6) is 1.77. The zero-order valence-electron chi connectivity index (χ0n) is 20.2. The van der Waals surface area contributed by atoms with Crippen molar-refractivity contribution in [1.82, 2.24) is 0 Å². The number of hydrogen-bond donors (Lipinski definition) is 2. The Morgan fingerprint density at radius 3 is 1.25 bits per heavy atom. The van der Waals surface area contributed by atoms with Gasteiger partial charge >= 0.3 is 0 Å². The summed E-state index contributed by atoms with van der Waals surface area (Å²) in [6.07, 6.45) is 3.33. The summed E-state index contributed by atoms with van der Waals surface area (Å²) in [5, 5.41) is 20.6. The summed E-state index contributed by atoms with van der Waals surface area (Å²) in [6.45, 7) is 0. The number of phenols is 2. The number of ether oxygens (including phenoxy) is 2. The summed E-state index contributed by atoms with van der Waals surface area (Å²) >= 11 is 0. The minimum Gasteiger partial charge on any atom is -0.507 e. The average molecular weight is 481 g/mol. The lowest BCUT2D eigenvalue weighted by Gasteiger charge is -2.22. The topological polar surface area (TPSA) is 83.6 Å². The molecular weight excluding hydrogens is 452 g/mol. The van der Waals surface area contributed by atoms with Gasteiger partial charge in [0.1, 0.15) is 35.1 Å². The maximum Gasteiger partial charge on any atom is 0.124 e. The number of methoxy groups -OCH3 is 2. The SMILES string of the molecule is COc1ccc([C@H](N=Cc2ccccc2O)[C@@H](N=Cc2ccccc2O)c2ccc(OC)cc2)cc1. The van der Waals surface area contributed by atoms with E-state index >= 15 is 0 Å². The Balaban J connectivity index is 1.82. The molecule has 0 saturated heterocycles. The zero-order valence-corrected chi connectivity index (χ0v) is 20.2. The van der Waals surface area contributed by atoms with Crippen LogP contribution in [-0.4, -0.2) is 36.9 Å². The number of aromatic hydroxyl groups is 2. The van der Waals surface area contributed by atoms with E-state index in [1.807, 2.05) is 60.7 Å². The van der Waals surface area contributed by atoms with Crippen LogP contribution in [0.3, 0.4) is 0 Å². The first kappa shape index (κ1) is 24.5. The quantitative estimate of drug-likeness (QED) is 0.282. The monoisotopic (exact) mass is 480 g/mol. The minimum atomic E-state index is -0.439. The van der Waals surface area contributed by atoms with Gasteiger partial charge in [0.25, 0.3) is 0 Å². The van der Waals surface area contributed by atoms with E-state index in [0.717, 1.165) is 22.6 Å². The summed E-state index contributed by atoms with van der Waals surface area (Å²) in [6, 6.07) is 28.6. The number of nitrogens with zero attached hydrogens (tertiary/aromatic N) is 2. The third-order valence-corrected chi connectivity index (χ3v) is 5.84. The number of hydrogen-bond acceptors (Lipinski definition) is 6. The van der Waals surface area contributed by atoms with Crippen molar-refractivity contribution in [2.24, 2.45) is 9.98 Å².